The molecule has 0 aliphatic heterocycles. The van der Waals surface area contributed by atoms with Crippen molar-refractivity contribution in [2.24, 2.45) is 0 Å². The van der Waals surface area contributed by atoms with Crippen LogP contribution in [0.15, 0.2) is 59.1 Å². The van der Waals surface area contributed by atoms with Gasteiger partial charge < -0.3 is 9.84 Å². The van der Waals surface area contributed by atoms with Crippen molar-refractivity contribution in [3.63, 3.8) is 0 Å². The van der Waals surface area contributed by atoms with Crippen molar-refractivity contribution >= 4 is 23.2 Å². The van der Waals surface area contributed by atoms with E-state index in [0.29, 0.717) is 23.0 Å². The molecule has 0 aliphatic rings. The number of amides is 1. The van der Waals surface area contributed by atoms with Crippen LogP contribution in [0.2, 0.25) is 5.02 Å². The Balaban J connectivity index is 1.54. The number of hydrogen-bond acceptors (Lipinski definition) is 4. The third kappa shape index (κ3) is 4.00. The average Bonchev–Trinajstić information content (AvgIpc) is 3.31. The number of aryl methyl sites for hydroxylation is 2. The summed E-state index contributed by atoms with van der Waals surface area (Å²) in [5, 5.41) is 12.0. The first-order valence-corrected chi connectivity index (χ1v) is 9.92. The minimum Gasteiger partial charge on any atom is -0.355 e. The van der Waals surface area contributed by atoms with Crippen molar-refractivity contribution in [3.05, 3.63) is 87.8 Å². The summed E-state index contributed by atoms with van der Waals surface area (Å²) in [6.07, 6.45) is 0. The second kappa shape index (κ2) is 8.16. The second-order valence-corrected chi connectivity index (χ2v) is 7.61. The van der Waals surface area contributed by atoms with E-state index in [2.05, 4.69) is 34.6 Å². The molecule has 2 aromatic carbocycles. The molecule has 0 saturated heterocycles. The first kappa shape index (κ1) is 19.9. The van der Waals surface area contributed by atoms with Crippen molar-refractivity contribution in [2.75, 3.05) is 5.32 Å². The largest absolute Gasteiger partial charge is 0.355 e. The van der Waals surface area contributed by atoms with Crippen molar-refractivity contribution in [2.45, 2.75) is 27.3 Å². The summed E-state index contributed by atoms with van der Waals surface area (Å²) >= 11 is 6.03. The van der Waals surface area contributed by atoms with E-state index in [1.165, 1.54) is 11.1 Å². The normalized spacial score (nSPS) is 10.9. The van der Waals surface area contributed by atoms with Crippen LogP contribution in [-0.2, 0) is 6.54 Å². The third-order valence-corrected chi connectivity index (χ3v) is 5.29. The number of carbonyl (C=O) groups excluding carboxylic acids is 1. The lowest BCUT2D eigenvalue weighted by Crippen LogP contribution is -2.13. The first-order chi connectivity index (χ1) is 14.4. The van der Waals surface area contributed by atoms with Crippen LogP contribution in [0.3, 0.4) is 0 Å². The molecule has 0 fully saturated rings. The van der Waals surface area contributed by atoms with Gasteiger partial charge in [-0.1, -0.05) is 53.2 Å². The zero-order valence-electron chi connectivity index (χ0n) is 16.9. The van der Waals surface area contributed by atoms with Crippen LogP contribution in [0.1, 0.15) is 33.0 Å². The van der Waals surface area contributed by atoms with E-state index in [0.717, 1.165) is 17.0 Å². The summed E-state index contributed by atoms with van der Waals surface area (Å²) in [6.45, 7) is 6.52. The Morgan fingerprint density at radius 1 is 1.10 bits per heavy atom. The number of rotatable bonds is 5. The standard InChI is InChI=1S/C23H21ClN4O2/c1-14-7-4-5-8-18(14)13-28-16(3)22(15(2)26-28)25-23(29)20-12-21(30-27-20)17-9-6-10-19(24)11-17/h4-12H,13H2,1-3H3,(H,25,29). The van der Waals surface area contributed by atoms with Gasteiger partial charge in [0, 0.05) is 16.7 Å². The lowest BCUT2D eigenvalue weighted by Gasteiger charge is -2.08. The van der Waals surface area contributed by atoms with Crippen LogP contribution in [0.5, 0.6) is 0 Å². The SMILES string of the molecule is Cc1ccccc1Cn1nc(C)c(NC(=O)c2cc(-c3cccc(Cl)c3)on2)c1C. The van der Waals surface area contributed by atoms with E-state index in [4.69, 9.17) is 16.1 Å². The van der Waals surface area contributed by atoms with Crippen molar-refractivity contribution < 1.29 is 9.32 Å². The van der Waals surface area contributed by atoms with Crippen LogP contribution in [0.4, 0.5) is 5.69 Å². The van der Waals surface area contributed by atoms with Gasteiger partial charge in [-0.25, -0.2) is 0 Å². The molecule has 0 bridgehead atoms. The summed E-state index contributed by atoms with van der Waals surface area (Å²) in [6, 6.07) is 17.0. The number of aromatic nitrogens is 3. The molecule has 7 heteroatoms. The summed E-state index contributed by atoms with van der Waals surface area (Å²) in [7, 11) is 0. The van der Waals surface area contributed by atoms with E-state index in [-0.39, 0.29) is 11.6 Å². The highest BCUT2D eigenvalue weighted by molar-refractivity contribution is 6.30. The van der Waals surface area contributed by atoms with E-state index < -0.39 is 0 Å². The van der Waals surface area contributed by atoms with Gasteiger partial charge in [-0.2, -0.15) is 5.10 Å². The van der Waals surface area contributed by atoms with E-state index >= 15 is 0 Å². The number of hydrogen-bond donors (Lipinski definition) is 1. The minimum absolute atomic E-state index is 0.190. The summed E-state index contributed by atoms with van der Waals surface area (Å²) in [5.41, 5.74) is 5.63. The molecule has 0 aliphatic carbocycles. The number of benzene rings is 2. The molecule has 152 valence electrons. The van der Waals surface area contributed by atoms with Gasteiger partial charge in [0.25, 0.3) is 5.91 Å². The number of nitrogens with zero attached hydrogens (tertiary/aromatic N) is 3. The Morgan fingerprint density at radius 2 is 1.90 bits per heavy atom. The molecule has 6 nitrogen and oxygen atoms in total. The monoisotopic (exact) mass is 420 g/mol. The van der Waals surface area contributed by atoms with E-state index in [1.807, 2.05) is 42.8 Å². The lowest BCUT2D eigenvalue weighted by molar-refractivity contribution is 0.101. The van der Waals surface area contributed by atoms with Gasteiger partial charge in [-0.3, -0.25) is 9.48 Å². The number of carbonyl (C=O) groups is 1. The molecule has 4 aromatic rings. The first-order valence-electron chi connectivity index (χ1n) is 9.55. The molecule has 0 atom stereocenters. The molecule has 0 unspecified atom stereocenters. The average molecular weight is 421 g/mol. The zero-order valence-corrected chi connectivity index (χ0v) is 17.7. The highest BCUT2D eigenvalue weighted by Gasteiger charge is 2.19. The predicted octanol–water partition coefficient (Wildman–Crippen LogP) is 5.42. The Bertz CT molecular complexity index is 1230. The molecule has 2 heterocycles. The van der Waals surface area contributed by atoms with Gasteiger partial charge in [-0.15, -0.1) is 0 Å². The van der Waals surface area contributed by atoms with Crippen LogP contribution < -0.4 is 5.32 Å². The van der Waals surface area contributed by atoms with E-state index in [9.17, 15) is 4.79 Å². The number of nitrogens with one attached hydrogen (secondary N) is 1. The Labute approximate surface area is 179 Å². The summed E-state index contributed by atoms with van der Waals surface area (Å²) < 4.78 is 7.23. The van der Waals surface area contributed by atoms with Crippen molar-refractivity contribution in [1.82, 2.24) is 14.9 Å². The Kier molecular flexibility index (Phi) is 5.42. The smallest absolute Gasteiger partial charge is 0.277 e. The van der Waals surface area contributed by atoms with Gasteiger partial charge in [0.1, 0.15) is 0 Å². The maximum atomic E-state index is 12.8. The summed E-state index contributed by atoms with van der Waals surface area (Å²) in [4.78, 5) is 12.8. The molecule has 1 amide bonds. The summed E-state index contributed by atoms with van der Waals surface area (Å²) in [5.74, 6) is 0.125. The molecular weight excluding hydrogens is 400 g/mol. The van der Waals surface area contributed by atoms with Gasteiger partial charge in [0.2, 0.25) is 0 Å². The van der Waals surface area contributed by atoms with Crippen LogP contribution in [-0.4, -0.2) is 20.8 Å². The number of halogens is 1. The molecule has 2 aromatic heterocycles. The molecule has 0 spiro atoms. The second-order valence-electron chi connectivity index (χ2n) is 7.17. The maximum absolute atomic E-state index is 12.8. The fourth-order valence-corrected chi connectivity index (χ4v) is 3.51. The zero-order chi connectivity index (χ0) is 21.3. The highest BCUT2D eigenvalue weighted by Crippen LogP contribution is 2.25. The Morgan fingerprint density at radius 3 is 2.67 bits per heavy atom. The molecule has 1 N–H and O–H groups in total. The van der Waals surface area contributed by atoms with Crippen molar-refractivity contribution in [1.29, 1.82) is 0 Å². The van der Waals surface area contributed by atoms with Gasteiger partial charge in [0.15, 0.2) is 11.5 Å². The van der Waals surface area contributed by atoms with Crippen LogP contribution in [0, 0.1) is 20.8 Å². The maximum Gasteiger partial charge on any atom is 0.277 e. The van der Waals surface area contributed by atoms with Crippen LogP contribution >= 0.6 is 11.6 Å². The molecular formula is C23H21ClN4O2. The van der Waals surface area contributed by atoms with Gasteiger partial charge >= 0.3 is 0 Å². The fraction of sp³-hybridized carbons (Fsp3) is 0.174. The molecule has 0 saturated carbocycles. The van der Waals surface area contributed by atoms with Gasteiger partial charge in [0.05, 0.1) is 23.6 Å². The minimum atomic E-state index is -0.353. The van der Waals surface area contributed by atoms with Gasteiger partial charge in [-0.05, 0) is 44.0 Å². The lowest BCUT2D eigenvalue weighted by atomic mass is 10.1. The number of anilines is 1. The van der Waals surface area contributed by atoms with E-state index in [1.54, 1.807) is 18.2 Å². The predicted molar refractivity (Wildman–Crippen MR) is 117 cm³/mol. The highest BCUT2D eigenvalue weighted by atomic mass is 35.5. The third-order valence-electron chi connectivity index (χ3n) is 5.05. The Hall–Kier alpha value is -3.38. The topological polar surface area (TPSA) is 73.0 Å². The quantitative estimate of drug-likeness (QED) is 0.468. The molecule has 4 rings (SSSR count). The molecule has 0 radical (unpaired) electrons. The van der Waals surface area contributed by atoms with Crippen LogP contribution in [0.25, 0.3) is 11.3 Å². The fourth-order valence-electron chi connectivity index (χ4n) is 3.32. The van der Waals surface area contributed by atoms with Crippen molar-refractivity contribution in [3.8, 4) is 11.3 Å². The molecule has 30 heavy (non-hydrogen) atoms.